The number of aliphatic hydroxyl groups is 1. The molecule has 0 saturated carbocycles. The number of hydrogen-bond donors (Lipinski definition) is 1. The number of nitriles is 1. The minimum absolute atomic E-state index is 0.211. The standard InChI is InChI=1S/C17H13FN2O2/c18-13-3-1-2-12(8-13)15-9-16(21)17(22)20(15)14-6-4-11(10-19)5-7-14/h1-8,15-16,21H,9H2/t15-,16+/m0/s1. The number of nitrogens with zero attached hydrogens (tertiary/aromatic N) is 2. The predicted octanol–water partition coefficient (Wildman–Crippen LogP) is 2.54. The third kappa shape index (κ3) is 2.45. The number of carbonyl (C=O) groups excluding carboxylic acids is 1. The summed E-state index contributed by atoms with van der Waals surface area (Å²) in [6, 6.07) is 14.1. The zero-order valence-corrected chi connectivity index (χ0v) is 11.6. The number of rotatable bonds is 2. The summed E-state index contributed by atoms with van der Waals surface area (Å²) in [6.45, 7) is 0. The summed E-state index contributed by atoms with van der Waals surface area (Å²) in [7, 11) is 0. The highest BCUT2D eigenvalue weighted by molar-refractivity contribution is 5.99. The van der Waals surface area contributed by atoms with Crippen LogP contribution in [0.1, 0.15) is 23.6 Å². The number of halogens is 1. The molecule has 2 aromatic rings. The molecule has 22 heavy (non-hydrogen) atoms. The SMILES string of the molecule is N#Cc1ccc(N2C(=O)[C@H](O)C[C@H]2c2cccc(F)c2)cc1. The average Bonchev–Trinajstić information content (AvgIpc) is 2.83. The van der Waals surface area contributed by atoms with Crippen molar-refractivity contribution in [1.82, 2.24) is 0 Å². The molecule has 1 saturated heterocycles. The van der Waals surface area contributed by atoms with E-state index >= 15 is 0 Å². The van der Waals surface area contributed by atoms with Crippen LogP contribution in [0, 0.1) is 17.1 Å². The van der Waals surface area contributed by atoms with Gasteiger partial charge in [0, 0.05) is 12.1 Å². The maximum atomic E-state index is 13.4. The van der Waals surface area contributed by atoms with Crippen LogP contribution in [-0.2, 0) is 4.79 Å². The quantitative estimate of drug-likeness (QED) is 0.926. The van der Waals surface area contributed by atoms with E-state index in [9.17, 15) is 14.3 Å². The lowest BCUT2D eigenvalue weighted by Gasteiger charge is -2.25. The molecule has 2 aromatic carbocycles. The van der Waals surface area contributed by atoms with E-state index in [1.54, 1.807) is 36.4 Å². The second kappa shape index (κ2) is 5.58. The molecular weight excluding hydrogens is 283 g/mol. The monoisotopic (exact) mass is 296 g/mol. The Labute approximate surface area is 127 Å². The molecule has 1 amide bonds. The van der Waals surface area contributed by atoms with Gasteiger partial charge in [0.2, 0.25) is 0 Å². The zero-order valence-electron chi connectivity index (χ0n) is 11.6. The molecule has 1 heterocycles. The smallest absolute Gasteiger partial charge is 0.256 e. The molecule has 110 valence electrons. The van der Waals surface area contributed by atoms with Gasteiger partial charge < -0.3 is 10.0 Å². The normalized spacial score (nSPS) is 21.0. The van der Waals surface area contributed by atoms with Crippen molar-refractivity contribution in [1.29, 1.82) is 5.26 Å². The number of amides is 1. The molecule has 0 unspecified atom stereocenters. The molecule has 1 N–H and O–H groups in total. The fraction of sp³-hybridized carbons (Fsp3) is 0.176. The zero-order chi connectivity index (χ0) is 15.7. The molecule has 0 aliphatic carbocycles. The van der Waals surface area contributed by atoms with Crippen molar-refractivity contribution in [2.45, 2.75) is 18.6 Å². The number of anilines is 1. The molecule has 0 spiro atoms. The topological polar surface area (TPSA) is 64.3 Å². The van der Waals surface area contributed by atoms with E-state index in [4.69, 9.17) is 5.26 Å². The Hall–Kier alpha value is -2.71. The number of benzene rings is 2. The van der Waals surface area contributed by atoms with Crippen LogP contribution in [0.15, 0.2) is 48.5 Å². The summed E-state index contributed by atoms with van der Waals surface area (Å²) < 4.78 is 13.4. The van der Waals surface area contributed by atoms with Crippen LogP contribution in [0.25, 0.3) is 0 Å². The number of aliphatic hydroxyl groups excluding tert-OH is 1. The van der Waals surface area contributed by atoms with Gasteiger partial charge in [-0.25, -0.2) is 4.39 Å². The number of hydrogen-bond acceptors (Lipinski definition) is 3. The maximum absolute atomic E-state index is 13.4. The van der Waals surface area contributed by atoms with Gasteiger partial charge >= 0.3 is 0 Å². The number of carbonyl (C=O) groups is 1. The van der Waals surface area contributed by atoms with Gasteiger partial charge in [-0.15, -0.1) is 0 Å². The van der Waals surface area contributed by atoms with Crippen LogP contribution < -0.4 is 4.90 Å². The molecule has 0 radical (unpaired) electrons. The van der Waals surface area contributed by atoms with Crippen molar-refractivity contribution in [2.75, 3.05) is 4.90 Å². The van der Waals surface area contributed by atoms with Gasteiger partial charge in [-0.2, -0.15) is 5.26 Å². The lowest BCUT2D eigenvalue weighted by atomic mass is 10.0. The minimum Gasteiger partial charge on any atom is -0.383 e. The molecule has 5 heteroatoms. The molecular formula is C17H13FN2O2. The first kappa shape index (κ1) is 14.2. The second-order valence-corrected chi connectivity index (χ2v) is 5.19. The van der Waals surface area contributed by atoms with Crippen molar-refractivity contribution in [3.63, 3.8) is 0 Å². The van der Waals surface area contributed by atoms with Gasteiger partial charge in [0.15, 0.2) is 0 Å². The van der Waals surface area contributed by atoms with Crippen molar-refractivity contribution >= 4 is 11.6 Å². The molecule has 2 atom stereocenters. The highest BCUT2D eigenvalue weighted by Crippen LogP contribution is 2.37. The fourth-order valence-electron chi connectivity index (χ4n) is 2.73. The van der Waals surface area contributed by atoms with E-state index in [0.717, 1.165) is 0 Å². The second-order valence-electron chi connectivity index (χ2n) is 5.19. The van der Waals surface area contributed by atoms with Crippen molar-refractivity contribution in [3.05, 3.63) is 65.5 Å². The first-order chi connectivity index (χ1) is 10.6. The van der Waals surface area contributed by atoms with E-state index in [-0.39, 0.29) is 12.2 Å². The van der Waals surface area contributed by atoms with Gasteiger partial charge in [0.1, 0.15) is 11.9 Å². The predicted molar refractivity (Wildman–Crippen MR) is 78.4 cm³/mol. The van der Waals surface area contributed by atoms with Crippen molar-refractivity contribution in [2.24, 2.45) is 0 Å². The van der Waals surface area contributed by atoms with Crippen LogP contribution in [0.2, 0.25) is 0 Å². The van der Waals surface area contributed by atoms with E-state index in [0.29, 0.717) is 16.8 Å². The van der Waals surface area contributed by atoms with E-state index < -0.39 is 18.1 Å². The lowest BCUT2D eigenvalue weighted by Crippen LogP contribution is -2.30. The van der Waals surface area contributed by atoms with Crippen molar-refractivity contribution in [3.8, 4) is 6.07 Å². The van der Waals surface area contributed by atoms with Crippen LogP contribution in [0.4, 0.5) is 10.1 Å². The summed E-state index contributed by atoms with van der Waals surface area (Å²) in [4.78, 5) is 13.7. The summed E-state index contributed by atoms with van der Waals surface area (Å²) >= 11 is 0. The van der Waals surface area contributed by atoms with Crippen LogP contribution in [-0.4, -0.2) is 17.1 Å². The van der Waals surface area contributed by atoms with Gasteiger partial charge in [0.05, 0.1) is 17.7 Å². The van der Waals surface area contributed by atoms with E-state index in [1.807, 2.05) is 6.07 Å². The largest absolute Gasteiger partial charge is 0.383 e. The minimum atomic E-state index is -1.11. The third-order valence-electron chi connectivity index (χ3n) is 3.79. The van der Waals surface area contributed by atoms with Gasteiger partial charge in [-0.3, -0.25) is 4.79 Å². The third-order valence-corrected chi connectivity index (χ3v) is 3.79. The lowest BCUT2D eigenvalue weighted by molar-refractivity contribution is -0.124. The Kier molecular flexibility index (Phi) is 3.61. The highest BCUT2D eigenvalue weighted by Gasteiger charge is 2.40. The van der Waals surface area contributed by atoms with Crippen LogP contribution >= 0.6 is 0 Å². The molecule has 3 rings (SSSR count). The molecule has 1 aliphatic rings. The Morgan fingerprint density at radius 3 is 2.59 bits per heavy atom. The molecule has 0 bridgehead atoms. The van der Waals surface area contributed by atoms with Gasteiger partial charge in [-0.05, 0) is 42.0 Å². The Balaban J connectivity index is 2.01. The molecule has 4 nitrogen and oxygen atoms in total. The van der Waals surface area contributed by atoms with E-state index in [2.05, 4.69) is 0 Å². The Bertz CT molecular complexity index is 752. The van der Waals surface area contributed by atoms with Crippen LogP contribution in [0.5, 0.6) is 0 Å². The summed E-state index contributed by atoms with van der Waals surface area (Å²) in [5, 5.41) is 18.7. The Morgan fingerprint density at radius 2 is 1.95 bits per heavy atom. The summed E-state index contributed by atoms with van der Waals surface area (Å²) in [5.74, 6) is -0.801. The maximum Gasteiger partial charge on any atom is 0.256 e. The molecule has 0 aromatic heterocycles. The van der Waals surface area contributed by atoms with Gasteiger partial charge in [-0.1, -0.05) is 12.1 Å². The summed E-state index contributed by atoms with van der Waals surface area (Å²) in [5.41, 5.74) is 1.70. The first-order valence-corrected chi connectivity index (χ1v) is 6.87. The van der Waals surface area contributed by atoms with Gasteiger partial charge in [0.25, 0.3) is 5.91 Å². The fourth-order valence-corrected chi connectivity index (χ4v) is 2.73. The average molecular weight is 296 g/mol. The molecule has 1 fully saturated rings. The van der Waals surface area contributed by atoms with E-state index in [1.165, 1.54) is 17.0 Å². The Morgan fingerprint density at radius 1 is 1.23 bits per heavy atom. The highest BCUT2D eigenvalue weighted by atomic mass is 19.1. The van der Waals surface area contributed by atoms with Crippen molar-refractivity contribution < 1.29 is 14.3 Å². The van der Waals surface area contributed by atoms with Crippen LogP contribution in [0.3, 0.4) is 0 Å². The first-order valence-electron chi connectivity index (χ1n) is 6.87. The molecule has 1 aliphatic heterocycles. The summed E-state index contributed by atoms with van der Waals surface area (Å²) in [6.07, 6.45) is -0.897.